The molecular formula is C19H24N2O. The van der Waals surface area contributed by atoms with E-state index in [4.69, 9.17) is 4.74 Å². The van der Waals surface area contributed by atoms with E-state index in [-0.39, 0.29) is 0 Å². The molecule has 0 saturated carbocycles. The average Bonchev–Trinajstić information content (AvgIpc) is 2.57. The predicted octanol–water partition coefficient (Wildman–Crippen LogP) is 5.16. The van der Waals surface area contributed by atoms with Crippen molar-refractivity contribution >= 4 is 11.4 Å². The summed E-state index contributed by atoms with van der Waals surface area (Å²) >= 11 is 0. The number of benzene rings is 2. The molecule has 0 unspecified atom stereocenters. The van der Waals surface area contributed by atoms with Gasteiger partial charge in [-0.15, -0.1) is 0 Å². The van der Waals surface area contributed by atoms with Crippen molar-refractivity contribution < 1.29 is 4.74 Å². The molecule has 0 fully saturated rings. The highest BCUT2D eigenvalue weighted by Crippen LogP contribution is 2.43. The van der Waals surface area contributed by atoms with Crippen molar-refractivity contribution in [1.29, 1.82) is 0 Å². The third kappa shape index (κ3) is 3.09. The Bertz CT molecular complexity index is 639. The fraction of sp³-hybridized carbons (Fsp3) is 0.368. The van der Waals surface area contributed by atoms with Crippen LogP contribution in [0.15, 0.2) is 42.5 Å². The van der Waals surface area contributed by atoms with Gasteiger partial charge in [0.05, 0.1) is 11.4 Å². The Morgan fingerprint density at radius 1 is 1.00 bits per heavy atom. The lowest BCUT2D eigenvalue weighted by Crippen LogP contribution is -2.24. The van der Waals surface area contributed by atoms with Gasteiger partial charge >= 0.3 is 0 Å². The second-order valence-electron chi connectivity index (χ2n) is 5.74. The van der Waals surface area contributed by atoms with E-state index in [9.17, 15) is 0 Å². The minimum atomic E-state index is 0.902. The summed E-state index contributed by atoms with van der Waals surface area (Å²) in [4.78, 5) is 2.48. The molecule has 1 heterocycles. The summed E-state index contributed by atoms with van der Waals surface area (Å²) in [6, 6.07) is 14.4. The summed E-state index contributed by atoms with van der Waals surface area (Å²) in [5.41, 5.74) is 3.34. The first kappa shape index (κ1) is 14.9. The van der Waals surface area contributed by atoms with Crippen molar-refractivity contribution in [3.05, 3.63) is 48.0 Å². The molecule has 1 N–H and O–H groups in total. The molecule has 2 aromatic carbocycles. The Morgan fingerprint density at radius 3 is 2.64 bits per heavy atom. The summed E-state index contributed by atoms with van der Waals surface area (Å²) < 4.78 is 6.17. The van der Waals surface area contributed by atoms with Gasteiger partial charge in [0.15, 0.2) is 11.5 Å². The molecule has 1 aliphatic rings. The smallest absolute Gasteiger partial charge is 0.155 e. The van der Waals surface area contributed by atoms with Crippen LogP contribution in [0.25, 0.3) is 0 Å². The first-order chi connectivity index (χ1) is 10.8. The van der Waals surface area contributed by atoms with Gasteiger partial charge in [-0.25, -0.2) is 0 Å². The fourth-order valence-electron chi connectivity index (χ4n) is 2.81. The number of fused-ring (bicyclic) bond motifs is 2. The molecule has 0 aromatic heterocycles. The zero-order chi connectivity index (χ0) is 15.4. The molecule has 1 aliphatic heterocycles. The van der Waals surface area contributed by atoms with Crippen LogP contribution in [0.3, 0.4) is 0 Å². The van der Waals surface area contributed by atoms with Crippen molar-refractivity contribution in [2.45, 2.75) is 33.2 Å². The molecule has 3 rings (SSSR count). The molecule has 2 aromatic rings. The lowest BCUT2D eigenvalue weighted by Gasteiger charge is -2.26. The lowest BCUT2D eigenvalue weighted by atomic mass is 10.1. The quantitative estimate of drug-likeness (QED) is 0.680. The first-order valence-electron chi connectivity index (χ1n) is 8.20. The lowest BCUT2D eigenvalue weighted by molar-refractivity contribution is 0.272. The van der Waals surface area contributed by atoms with Crippen molar-refractivity contribution in [2.75, 3.05) is 18.4 Å². The number of para-hydroxylation sites is 3. The van der Waals surface area contributed by atoms with Gasteiger partial charge in [0.25, 0.3) is 0 Å². The highest BCUT2D eigenvalue weighted by atomic mass is 16.5. The number of unbranched alkanes of at least 4 members (excludes halogenated alkanes) is 1. The molecule has 22 heavy (non-hydrogen) atoms. The van der Waals surface area contributed by atoms with E-state index in [0.29, 0.717) is 0 Å². The molecule has 0 amide bonds. The Hall–Kier alpha value is -2.00. The number of rotatable bonds is 6. The van der Waals surface area contributed by atoms with E-state index in [1.807, 2.05) is 24.3 Å². The number of nitrogens with zero attached hydrogens (tertiary/aromatic N) is 1. The number of ether oxygens (including phenoxy) is 1. The second kappa shape index (κ2) is 6.84. The first-order valence-corrected chi connectivity index (χ1v) is 8.20. The summed E-state index contributed by atoms with van der Waals surface area (Å²) in [6.07, 6.45) is 2.47. The Kier molecular flexibility index (Phi) is 4.64. The Balaban J connectivity index is 1.83. The highest BCUT2D eigenvalue weighted by Gasteiger charge is 2.19. The van der Waals surface area contributed by atoms with Crippen LogP contribution in [0.1, 0.15) is 32.3 Å². The summed E-state index contributed by atoms with van der Waals surface area (Å²) in [6.45, 7) is 7.60. The van der Waals surface area contributed by atoms with E-state index in [0.717, 1.165) is 42.5 Å². The highest BCUT2D eigenvalue weighted by molar-refractivity contribution is 5.76. The van der Waals surface area contributed by atoms with Gasteiger partial charge in [-0.2, -0.15) is 0 Å². The van der Waals surface area contributed by atoms with Crippen LogP contribution in [0.5, 0.6) is 11.5 Å². The van der Waals surface area contributed by atoms with Crippen LogP contribution in [0.4, 0.5) is 11.4 Å². The third-order valence-electron chi connectivity index (χ3n) is 4.13. The van der Waals surface area contributed by atoms with E-state index >= 15 is 0 Å². The topological polar surface area (TPSA) is 24.5 Å². The van der Waals surface area contributed by atoms with Crippen molar-refractivity contribution in [3.8, 4) is 11.5 Å². The van der Waals surface area contributed by atoms with E-state index < -0.39 is 0 Å². The monoisotopic (exact) mass is 296 g/mol. The van der Waals surface area contributed by atoms with Crippen molar-refractivity contribution in [3.63, 3.8) is 0 Å². The maximum atomic E-state index is 6.17. The molecule has 0 radical (unpaired) electrons. The van der Waals surface area contributed by atoms with E-state index in [2.05, 4.69) is 42.3 Å². The van der Waals surface area contributed by atoms with Gasteiger partial charge in [-0.1, -0.05) is 44.5 Å². The van der Waals surface area contributed by atoms with Gasteiger partial charge in [0, 0.05) is 12.1 Å². The molecule has 116 valence electrons. The predicted molar refractivity (Wildman–Crippen MR) is 92.1 cm³/mol. The third-order valence-corrected chi connectivity index (χ3v) is 4.13. The van der Waals surface area contributed by atoms with Gasteiger partial charge < -0.3 is 10.1 Å². The van der Waals surface area contributed by atoms with Gasteiger partial charge in [0.1, 0.15) is 0 Å². The van der Waals surface area contributed by atoms with Crippen molar-refractivity contribution in [2.24, 2.45) is 0 Å². The molecule has 3 nitrogen and oxygen atoms in total. The van der Waals surface area contributed by atoms with Crippen LogP contribution in [0, 0.1) is 0 Å². The van der Waals surface area contributed by atoms with Gasteiger partial charge in [-0.05, 0) is 37.7 Å². The molecule has 0 saturated heterocycles. The van der Waals surface area contributed by atoms with Crippen LogP contribution in [0.2, 0.25) is 0 Å². The maximum absolute atomic E-state index is 6.17. The van der Waals surface area contributed by atoms with E-state index in [1.165, 1.54) is 18.4 Å². The Morgan fingerprint density at radius 2 is 1.82 bits per heavy atom. The minimum absolute atomic E-state index is 0.902. The standard InChI is InChI=1S/C19H24N2O/c1-3-5-13-21(4-2)14-15-9-8-11-17-19(15)22-18-12-7-6-10-16(18)20-17/h6-12,20H,3-5,13-14H2,1-2H3. The number of nitrogens with one attached hydrogen (secondary N) is 1. The largest absolute Gasteiger partial charge is 0.453 e. The van der Waals surface area contributed by atoms with Crippen LogP contribution in [-0.2, 0) is 6.54 Å². The zero-order valence-electron chi connectivity index (χ0n) is 13.4. The zero-order valence-corrected chi connectivity index (χ0v) is 13.4. The number of hydrogen-bond acceptors (Lipinski definition) is 3. The summed E-state index contributed by atoms with van der Waals surface area (Å²) in [7, 11) is 0. The van der Waals surface area contributed by atoms with Gasteiger partial charge in [-0.3, -0.25) is 4.90 Å². The van der Waals surface area contributed by atoms with E-state index in [1.54, 1.807) is 0 Å². The molecule has 0 aliphatic carbocycles. The summed E-state index contributed by atoms with van der Waals surface area (Å²) in [5, 5.41) is 3.47. The molecule has 0 spiro atoms. The Labute approximate surface area is 132 Å². The maximum Gasteiger partial charge on any atom is 0.155 e. The SMILES string of the molecule is CCCCN(CC)Cc1cccc2c1Oc1ccccc1N2. The van der Waals surface area contributed by atoms with Crippen molar-refractivity contribution in [1.82, 2.24) is 4.90 Å². The molecule has 3 heteroatoms. The molecule has 0 bridgehead atoms. The van der Waals surface area contributed by atoms with Crippen LogP contribution < -0.4 is 10.1 Å². The minimum Gasteiger partial charge on any atom is -0.453 e. The van der Waals surface area contributed by atoms with Gasteiger partial charge in [0.2, 0.25) is 0 Å². The fourth-order valence-corrected chi connectivity index (χ4v) is 2.81. The number of hydrogen-bond donors (Lipinski definition) is 1. The second-order valence-corrected chi connectivity index (χ2v) is 5.74. The molecule has 0 atom stereocenters. The van der Waals surface area contributed by atoms with Crippen LogP contribution in [-0.4, -0.2) is 18.0 Å². The average molecular weight is 296 g/mol. The van der Waals surface area contributed by atoms with Crippen LogP contribution >= 0.6 is 0 Å². The normalized spacial score (nSPS) is 12.3. The molecular weight excluding hydrogens is 272 g/mol. The number of anilines is 2. The summed E-state index contributed by atoms with van der Waals surface area (Å²) in [5.74, 6) is 1.87.